The molecule has 16 heteroatoms. The number of hydrogen-bond acceptors (Lipinski definition) is 6. The lowest BCUT2D eigenvalue weighted by Gasteiger charge is -2.36. The Morgan fingerprint density at radius 1 is 0.852 bits per heavy atom. The van der Waals surface area contributed by atoms with Crippen LogP contribution in [0.5, 0.6) is 0 Å². The zero-order valence-electron chi connectivity index (χ0n) is 13.2. The van der Waals surface area contributed by atoms with Crippen LogP contribution in [0.1, 0.15) is 25.7 Å². The molecule has 0 aliphatic heterocycles. The molecule has 1 aliphatic carbocycles. The summed E-state index contributed by atoms with van der Waals surface area (Å²) in [5.74, 6) is -14.5. The number of alkyl halides is 9. The maximum atomic E-state index is 13.8. The molecule has 1 saturated carbocycles. The van der Waals surface area contributed by atoms with E-state index in [1.54, 1.807) is 0 Å². The van der Waals surface area contributed by atoms with Crippen LogP contribution in [0, 0.1) is 0 Å². The van der Waals surface area contributed by atoms with Crippen molar-refractivity contribution in [2.24, 2.45) is 0 Å². The highest BCUT2D eigenvalue weighted by Crippen LogP contribution is 2.56. The maximum absolute atomic E-state index is 13.8. The minimum Gasteiger partial charge on any atom is -0.222 e. The third kappa shape index (κ3) is 4.43. The van der Waals surface area contributed by atoms with Gasteiger partial charge in [-0.05, 0) is 25.7 Å². The van der Waals surface area contributed by atoms with Crippen molar-refractivity contribution in [3.05, 3.63) is 0 Å². The highest BCUT2D eigenvalue weighted by molar-refractivity contribution is 7.95. The van der Waals surface area contributed by atoms with Gasteiger partial charge >= 0.3 is 23.3 Å². The highest BCUT2D eigenvalue weighted by Gasteiger charge is 2.85. The normalized spacial score (nSPS) is 23.5. The van der Waals surface area contributed by atoms with Crippen molar-refractivity contribution in [1.29, 1.82) is 0 Å². The number of halogens is 9. The molecule has 27 heavy (non-hydrogen) atoms. The SMILES string of the molecule is COOOSC1CCC(S(=O)(=O)C(F)(F)C(F)(F)C(F)(F)C(F)(F)F)CC1. The maximum Gasteiger partial charge on any atom is 0.460 e. The topological polar surface area (TPSA) is 61.8 Å². The standard InChI is InChI=1S/C11H13F9O5S2/c1-23-24-25-26-6-2-4-7(5-3-6)27(21,22)11(19,20)9(14,15)8(12,13)10(16,17)18/h6-7H,2-5H2,1H3. The van der Waals surface area contributed by atoms with Crippen LogP contribution < -0.4 is 0 Å². The zero-order chi connectivity index (χ0) is 21.3. The third-order valence-electron chi connectivity index (χ3n) is 3.80. The molecular formula is C11H13F9O5S2. The quantitative estimate of drug-likeness (QED) is 0.177. The van der Waals surface area contributed by atoms with Crippen LogP contribution in [0.3, 0.4) is 0 Å². The molecule has 1 rings (SSSR count). The number of hydrogen-bond donors (Lipinski definition) is 0. The van der Waals surface area contributed by atoms with Gasteiger partial charge in [-0.2, -0.15) is 39.5 Å². The van der Waals surface area contributed by atoms with Crippen LogP contribution in [0.4, 0.5) is 39.5 Å². The lowest BCUT2D eigenvalue weighted by molar-refractivity contribution is -0.447. The predicted molar refractivity (Wildman–Crippen MR) is 72.6 cm³/mol. The molecule has 0 heterocycles. The van der Waals surface area contributed by atoms with E-state index in [1.165, 1.54) is 0 Å². The van der Waals surface area contributed by atoms with Crippen molar-refractivity contribution in [2.45, 2.75) is 59.5 Å². The minimum absolute atomic E-state index is 0.195. The molecule has 0 bridgehead atoms. The van der Waals surface area contributed by atoms with Crippen molar-refractivity contribution < 1.29 is 62.2 Å². The van der Waals surface area contributed by atoms with Gasteiger partial charge in [0.2, 0.25) is 9.84 Å². The van der Waals surface area contributed by atoms with E-state index in [0.29, 0.717) is 12.0 Å². The Balaban J connectivity index is 2.99. The van der Waals surface area contributed by atoms with E-state index in [2.05, 4.69) is 14.3 Å². The predicted octanol–water partition coefficient (Wildman–Crippen LogP) is 4.30. The summed E-state index contributed by atoms with van der Waals surface area (Å²) in [5.41, 5.74) is 0. The molecule has 162 valence electrons. The van der Waals surface area contributed by atoms with Crippen molar-refractivity contribution >= 4 is 21.9 Å². The average Bonchev–Trinajstić information content (AvgIpc) is 2.54. The smallest absolute Gasteiger partial charge is 0.222 e. The Labute approximate surface area is 151 Å². The monoisotopic (exact) mass is 460 g/mol. The zero-order valence-corrected chi connectivity index (χ0v) is 14.9. The van der Waals surface area contributed by atoms with Gasteiger partial charge in [-0.25, -0.2) is 13.3 Å². The fourth-order valence-corrected chi connectivity index (χ4v) is 4.75. The minimum atomic E-state index is -7.26. The third-order valence-corrected chi connectivity index (χ3v) is 7.00. The van der Waals surface area contributed by atoms with E-state index in [9.17, 15) is 47.9 Å². The average molecular weight is 460 g/mol. The van der Waals surface area contributed by atoms with E-state index in [4.69, 9.17) is 0 Å². The fourth-order valence-electron chi connectivity index (χ4n) is 2.29. The summed E-state index contributed by atoms with van der Waals surface area (Å²) in [6.07, 6.45) is -8.83. The van der Waals surface area contributed by atoms with Crippen molar-refractivity contribution in [1.82, 2.24) is 0 Å². The molecule has 0 aromatic carbocycles. The Morgan fingerprint density at radius 3 is 1.74 bits per heavy atom. The molecule has 0 amide bonds. The molecule has 0 spiro atoms. The molecule has 0 saturated heterocycles. The summed E-state index contributed by atoms with van der Waals surface area (Å²) in [6, 6.07) is 0. The second-order valence-corrected chi connectivity index (χ2v) is 8.77. The molecule has 0 N–H and O–H groups in total. The molecule has 0 unspecified atom stereocenters. The van der Waals surface area contributed by atoms with Crippen molar-refractivity contribution in [3.8, 4) is 0 Å². The summed E-state index contributed by atoms with van der Waals surface area (Å²) in [5, 5.41) is -5.37. The largest absolute Gasteiger partial charge is 0.460 e. The van der Waals surface area contributed by atoms with Crippen LogP contribution in [0.15, 0.2) is 0 Å². The van der Waals surface area contributed by atoms with E-state index in [1.807, 2.05) is 0 Å². The van der Waals surface area contributed by atoms with E-state index >= 15 is 0 Å². The van der Waals surface area contributed by atoms with Gasteiger partial charge in [-0.15, -0.1) is 4.33 Å². The molecule has 0 aromatic heterocycles. The van der Waals surface area contributed by atoms with Gasteiger partial charge in [-0.3, -0.25) is 0 Å². The fraction of sp³-hybridized carbons (Fsp3) is 1.00. The highest BCUT2D eigenvalue weighted by atomic mass is 32.2. The van der Waals surface area contributed by atoms with Crippen LogP contribution in [-0.4, -0.2) is 49.3 Å². The Morgan fingerprint density at radius 2 is 1.33 bits per heavy atom. The second-order valence-electron chi connectivity index (χ2n) is 5.51. The molecule has 0 atom stereocenters. The van der Waals surface area contributed by atoms with Crippen LogP contribution in [-0.2, 0) is 24.1 Å². The summed E-state index contributed by atoms with van der Waals surface area (Å²) in [4.78, 5) is 4.07. The van der Waals surface area contributed by atoms with E-state index < -0.39 is 56.5 Å². The first-order valence-corrected chi connectivity index (χ1v) is 9.35. The Hall–Kier alpha value is -0.450. The molecule has 1 aliphatic rings. The second kappa shape index (κ2) is 8.12. The summed E-state index contributed by atoms with van der Waals surface area (Å²) >= 11 is 0.609. The first kappa shape index (κ1) is 24.6. The number of sulfone groups is 1. The summed E-state index contributed by atoms with van der Waals surface area (Å²) < 4.78 is 144. The lowest BCUT2D eigenvalue weighted by atomic mass is 10.00. The van der Waals surface area contributed by atoms with Crippen LogP contribution in [0.25, 0.3) is 0 Å². The van der Waals surface area contributed by atoms with Gasteiger partial charge in [0.25, 0.3) is 0 Å². The van der Waals surface area contributed by atoms with Gasteiger partial charge < -0.3 is 0 Å². The summed E-state index contributed by atoms with van der Waals surface area (Å²) in [7, 11) is -5.29. The lowest BCUT2D eigenvalue weighted by Crippen LogP contribution is -2.64. The molecule has 5 nitrogen and oxygen atoms in total. The van der Waals surface area contributed by atoms with Crippen LogP contribution >= 0.6 is 12.0 Å². The van der Waals surface area contributed by atoms with Gasteiger partial charge in [-0.1, -0.05) is 5.04 Å². The molecule has 0 radical (unpaired) electrons. The van der Waals surface area contributed by atoms with Crippen molar-refractivity contribution in [2.75, 3.05) is 7.11 Å². The summed E-state index contributed by atoms with van der Waals surface area (Å²) in [6.45, 7) is 0. The Kier molecular flexibility index (Phi) is 7.39. The first-order valence-electron chi connectivity index (χ1n) is 7.00. The van der Waals surface area contributed by atoms with E-state index in [0.717, 1.165) is 7.11 Å². The van der Waals surface area contributed by atoms with Gasteiger partial charge in [0, 0.05) is 17.3 Å². The Bertz CT molecular complexity index is 600. The number of rotatable bonds is 8. The van der Waals surface area contributed by atoms with Gasteiger partial charge in [0.1, 0.15) is 0 Å². The molecule has 0 aromatic rings. The van der Waals surface area contributed by atoms with Gasteiger partial charge in [0.15, 0.2) is 0 Å². The van der Waals surface area contributed by atoms with Crippen LogP contribution in [0.2, 0.25) is 0 Å². The molecular weight excluding hydrogens is 447 g/mol. The molecule has 1 fully saturated rings. The van der Waals surface area contributed by atoms with E-state index in [-0.39, 0.29) is 12.8 Å². The van der Waals surface area contributed by atoms with Gasteiger partial charge in [0.05, 0.1) is 12.4 Å². The van der Waals surface area contributed by atoms with Crippen molar-refractivity contribution in [3.63, 3.8) is 0 Å². The first-order chi connectivity index (χ1) is 12.0.